The molecule has 0 aliphatic heterocycles. The molecular formula is C29H29N. The van der Waals surface area contributed by atoms with Crippen molar-refractivity contribution in [2.45, 2.75) is 33.1 Å². The Labute approximate surface area is 180 Å². The van der Waals surface area contributed by atoms with Crippen LogP contribution in [0.1, 0.15) is 37.5 Å². The average molecular weight is 392 g/mol. The van der Waals surface area contributed by atoms with E-state index in [1.54, 1.807) is 0 Å². The highest BCUT2D eigenvalue weighted by Crippen LogP contribution is 2.51. The van der Waals surface area contributed by atoms with Gasteiger partial charge in [-0.25, -0.2) is 0 Å². The highest BCUT2D eigenvalue weighted by Gasteiger charge is 2.37. The largest absolute Gasteiger partial charge is 0.310 e. The van der Waals surface area contributed by atoms with E-state index >= 15 is 0 Å². The third kappa shape index (κ3) is 3.31. The van der Waals surface area contributed by atoms with Crippen LogP contribution in [0.15, 0.2) is 103 Å². The monoisotopic (exact) mass is 391 g/mol. The Morgan fingerprint density at radius 1 is 0.833 bits per heavy atom. The number of hydrogen-bond acceptors (Lipinski definition) is 1. The molecule has 0 radical (unpaired) electrons. The molecule has 3 aromatic carbocycles. The van der Waals surface area contributed by atoms with Gasteiger partial charge in [0.05, 0.1) is 0 Å². The number of benzene rings is 3. The van der Waals surface area contributed by atoms with E-state index in [0.29, 0.717) is 0 Å². The first-order chi connectivity index (χ1) is 14.5. The number of rotatable bonds is 4. The van der Waals surface area contributed by atoms with Crippen LogP contribution in [0.3, 0.4) is 0 Å². The summed E-state index contributed by atoms with van der Waals surface area (Å²) in [6.07, 6.45) is 6.27. The van der Waals surface area contributed by atoms with E-state index in [9.17, 15) is 0 Å². The number of hydrogen-bond donors (Lipinski definition) is 0. The summed E-state index contributed by atoms with van der Waals surface area (Å²) < 4.78 is 0. The van der Waals surface area contributed by atoms with Gasteiger partial charge < -0.3 is 4.90 Å². The molecule has 4 rings (SSSR count). The second kappa shape index (κ2) is 7.84. The molecule has 1 aliphatic rings. The fraction of sp³-hybridized carbons (Fsp3) is 0.172. The summed E-state index contributed by atoms with van der Waals surface area (Å²) in [6.45, 7) is 12.8. The third-order valence-corrected chi connectivity index (χ3v) is 6.04. The van der Waals surface area contributed by atoms with E-state index in [4.69, 9.17) is 0 Å². The summed E-state index contributed by atoms with van der Waals surface area (Å²) in [4.78, 5) is 2.34. The van der Waals surface area contributed by atoms with E-state index in [1.807, 2.05) is 6.08 Å². The summed E-state index contributed by atoms with van der Waals surface area (Å²) in [7, 11) is 0. The summed E-state index contributed by atoms with van der Waals surface area (Å²) in [5, 5.41) is 0. The number of aryl methyl sites for hydroxylation is 1. The van der Waals surface area contributed by atoms with Gasteiger partial charge in [-0.1, -0.05) is 75.1 Å². The lowest BCUT2D eigenvalue weighted by molar-refractivity contribution is 0.659. The van der Waals surface area contributed by atoms with E-state index < -0.39 is 0 Å². The highest BCUT2D eigenvalue weighted by atomic mass is 15.1. The Morgan fingerprint density at radius 3 is 2.20 bits per heavy atom. The number of allylic oxidation sites excluding steroid dienone is 5. The molecule has 0 saturated carbocycles. The van der Waals surface area contributed by atoms with Crippen molar-refractivity contribution >= 4 is 22.6 Å². The van der Waals surface area contributed by atoms with E-state index in [2.05, 4.69) is 124 Å². The van der Waals surface area contributed by atoms with Gasteiger partial charge >= 0.3 is 0 Å². The lowest BCUT2D eigenvalue weighted by atomic mass is 9.82. The first kappa shape index (κ1) is 20.0. The summed E-state index contributed by atoms with van der Waals surface area (Å²) >= 11 is 0. The van der Waals surface area contributed by atoms with Crippen LogP contribution in [0.25, 0.3) is 5.57 Å². The van der Waals surface area contributed by atoms with Crippen LogP contribution in [0, 0.1) is 6.92 Å². The zero-order valence-corrected chi connectivity index (χ0v) is 18.3. The number of nitrogens with zero attached hydrogens (tertiary/aromatic N) is 1. The predicted molar refractivity (Wildman–Crippen MR) is 131 cm³/mol. The van der Waals surface area contributed by atoms with Gasteiger partial charge in [-0.3, -0.25) is 0 Å². The van der Waals surface area contributed by atoms with Crippen molar-refractivity contribution in [1.82, 2.24) is 0 Å². The maximum Gasteiger partial charge on any atom is 0.0465 e. The molecule has 1 aliphatic carbocycles. The van der Waals surface area contributed by atoms with Gasteiger partial charge in [0, 0.05) is 22.5 Å². The van der Waals surface area contributed by atoms with Crippen molar-refractivity contribution in [3.05, 3.63) is 120 Å². The van der Waals surface area contributed by atoms with Crippen LogP contribution in [-0.4, -0.2) is 0 Å². The maximum absolute atomic E-state index is 3.94. The molecule has 0 unspecified atom stereocenters. The molecule has 1 nitrogen and oxygen atoms in total. The van der Waals surface area contributed by atoms with Crippen molar-refractivity contribution in [3.8, 4) is 0 Å². The maximum atomic E-state index is 3.94. The summed E-state index contributed by atoms with van der Waals surface area (Å²) in [6, 6.07) is 26.1. The van der Waals surface area contributed by atoms with Crippen molar-refractivity contribution in [3.63, 3.8) is 0 Å². The van der Waals surface area contributed by atoms with E-state index in [0.717, 1.165) is 5.69 Å². The van der Waals surface area contributed by atoms with Gasteiger partial charge in [0.15, 0.2) is 0 Å². The first-order valence-corrected chi connectivity index (χ1v) is 10.5. The molecule has 3 aromatic rings. The summed E-state index contributed by atoms with van der Waals surface area (Å²) in [5.74, 6) is 0. The van der Waals surface area contributed by atoms with E-state index in [1.165, 1.54) is 39.2 Å². The van der Waals surface area contributed by atoms with Gasteiger partial charge in [-0.05, 0) is 78.1 Å². The van der Waals surface area contributed by atoms with E-state index in [-0.39, 0.29) is 5.41 Å². The van der Waals surface area contributed by atoms with Crippen LogP contribution in [0.2, 0.25) is 0 Å². The van der Waals surface area contributed by atoms with Crippen molar-refractivity contribution in [1.29, 1.82) is 0 Å². The molecule has 0 amide bonds. The third-order valence-electron chi connectivity index (χ3n) is 6.04. The highest BCUT2D eigenvalue weighted by molar-refractivity contribution is 5.92. The SMILES string of the molecule is C=CC=C1C(=CC)C(C)(C)c2cc(N(c3ccccc3)c3cccc(C)c3)ccc21. The van der Waals surface area contributed by atoms with Crippen molar-refractivity contribution in [2.24, 2.45) is 0 Å². The molecule has 0 heterocycles. The topological polar surface area (TPSA) is 3.24 Å². The Hall–Kier alpha value is -3.32. The molecule has 0 bridgehead atoms. The minimum atomic E-state index is -0.0517. The average Bonchev–Trinajstić information content (AvgIpc) is 2.95. The minimum Gasteiger partial charge on any atom is -0.310 e. The fourth-order valence-electron chi connectivity index (χ4n) is 4.66. The predicted octanol–water partition coefficient (Wildman–Crippen LogP) is 8.27. The van der Waals surface area contributed by atoms with Crippen LogP contribution < -0.4 is 4.90 Å². The minimum absolute atomic E-state index is 0.0517. The Morgan fingerprint density at radius 2 is 1.53 bits per heavy atom. The summed E-state index contributed by atoms with van der Waals surface area (Å²) in [5.41, 5.74) is 10.00. The first-order valence-electron chi connectivity index (χ1n) is 10.5. The second-order valence-electron chi connectivity index (χ2n) is 8.38. The zero-order chi connectivity index (χ0) is 21.3. The van der Waals surface area contributed by atoms with Gasteiger partial charge in [0.1, 0.15) is 0 Å². The molecule has 150 valence electrons. The van der Waals surface area contributed by atoms with Crippen molar-refractivity contribution < 1.29 is 0 Å². The fourth-order valence-corrected chi connectivity index (χ4v) is 4.66. The Kier molecular flexibility index (Phi) is 5.22. The molecule has 0 saturated heterocycles. The normalized spacial score (nSPS) is 17.2. The van der Waals surface area contributed by atoms with Crippen molar-refractivity contribution in [2.75, 3.05) is 4.90 Å². The van der Waals surface area contributed by atoms with Gasteiger partial charge in [-0.15, -0.1) is 0 Å². The smallest absolute Gasteiger partial charge is 0.0465 e. The zero-order valence-electron chi connectivity index (χ0n) is 18.3. The van der Waals surface area contributed by atoms with Crippen LogP contribution >= 0.6 is 0 Å². The molecule has 0 atom stereocenters. The number of para-hydroxylation sites is 1. The Balaban J connectivity index is 1.93. The molecule has 0 aromatic heterocycles. The molecule has 30 heavy (non-hydrogen) atoms. The number of anilines is 3. The quantitative estimate of drug-likeness (QED) is 0.432. The second-order valence-corrected chi connectivity index (χ2v) is 8.38. The molecule has 0 N–H and O–H groups in total. The van der Waals surface area contributed by atoms with Crippen LogP contribution in [0.5, 0.6) is 0 Å². The molecular weight excluding hydrogens is 362 g/mol. The van der Waals surface area contributed by atoms with Gasteiger partial charge in [-0.2, -0.15) is 0 Å². The number of fused-ring (bicyclic) bond motifs is 1. The van der Waals surface area contributed by atoms with Crippen LogP contribution in [0.4, 0.5) is 17.1 Å². The molecule has 0 spiro atoms. The lowest BCUT2D eigenvalue weighted by Gasteiger charge is -2.28. The lowest BCUT2D eigenvalue weighted by Crippen LogP contribution is -2.16. The Bertz CT molecular complexity index is 1150. The molecule has 1 heteroatoms. The molecule has 0 fully saturated rings. The van der Waals surface area contributed by atoms with Gasteiger partial charge in [0.2, 0.25) is 0 Å². The standard InChI is InChI=1S/C29H29N/c1-6-12-25-26-18-17-24(20-28(26)29(4,5)27(25)7-2)30(22-14-9-8-10-15-22)23-16-11-13-21(3)19-23/h6-20H,1H2,2-5H3. The van der Waals surface area contributed by atoms with Crippen LogP contribution in [-0.2, 0) is 5.41 Å². The van der Waals surface area contributed by atoms with Gasteiger partial charge in [0.25, 0.3) is 0 Å².